The Morgan fingerprint density at radius 1 is 0.600 bits per heavy atom. The Balaban J connectivity index is 0.00000870. The molecule has 0 saturated heterocycles. The van der Waals surface area contributed by atoms with E-state index in [2.05, 4.69) is 29.9 Å². The van der Waals surface area contributed by atoms with Crippen LogP contribution in [0.25, 0.3) is 5.70 Å². The molecular weight excluding hydrogens is 973 g/mol. The molecule has 2 aromatic heterocycles. The second-order valence-electron chi connectivity index (χ2n) is 10.8. The SMILES string of the molecule is NC(=C(N)C1C=CC=CC1(S(=O)(=O)Oc1nc(CCS(=O)(=O)[O-])nc(S(=O)(=O)[O-])n1)S(=O)(=O)Oc1nc(CCS(=O)(=O)[O-])nc(S(=O)(=O)[O-])n1)c1ccccc1.[Na+].[Na+].[Na+].[Na+]. The van der Waals surface area contributed by atoms with Gasteiger partial charge in [0, 0.05) is 30.0 Å². The second kappa shape index (κ2) is 22.4. The number of aromatic nitrogens is 6. The Hall–Kier alpha value is -0.800. The van der Waals surface area contributed by atoms with Crippen LogP contribution in [0.5, 0.6) is 12.0 Å². The molecule has 0 fully saturated rings. The van der Waals surface area contributed by atoms with Gasteiger partial charge in [-0.05, 0) is 11.6 Å². The second-order valence-corrected chi connectivity index (χ2v) is 20.2. The zero-order valence-electron chi connectivity index (χ0n) is 31.2. The van der Waals surface area contributed by atoms with Crippen LogP contribution >= 0.6 is 0 Å². The summed E-state index contributed by atoms with van der Waals surface area (Å²) in [5.41, 5.74) is 11.3. The summed E-state index contributed by atoms with van der Waals surface area (Å²) < 4.78 is 201. The van der Waals surface area contributed by atoms with Crippen LogP contribution in [0.4, 0.5) is 0 Å². The molecule has 0 saturated carbocycles. The molecule has 3 aromatic rings. The molecule has 306 valence electrons. The first kappa shape index (κ1) is 59.2. The van der Waals surface area contributed by atoms with Crippen molar-refractivity contribution in [3.63, 3.8) is 0 Å². The maximum absolute atomic E-state index is 14.4. The number of rotatable bonds is 16. The largest absolute Gasteiger partial charge is 1.00 e. The minimum atomic E-state index is -6.21. The number of hydrogen-bond acceptors (Lipinski definition) is 26. The summed E-state index contributed by atoms with van der Waals surface area (Å²) >= 11 is 0. The zero-order valence-corrected chi connectivity index (χ0v) is 44.1. The Labute approximate surface area is 431 Å². The minimum Gasteiger partial charge on any atom is -0.748 e. The average Bonchev–Trinajstić information content (AvgIpc) is 3.07. The van der Waals surface area contributed by atoms with Gasteiger partial charge in [0.15, 0.2) is 20.2 Å². The van der Waals surface area contributed by atoms with Crippen LogP contribution in [0.3, 0.4) is 0 Å². The fourth-order valence-corrected chi connectivity index (χ4v) is 9.72. The smallest absolute Gasteiger partial charge is 0.748 e. The third-order valence-electron chi connectivity index (χ3n) is 6.94. The maximum atomic E-state index is 14.4. The molecule has 60 heavy (non-hydrogen) atoms. The molecule has 2 heterocycles. The summed E-state index contributed by atoms with van der Waals surface area (Å²) in [5, 5.41) is -3.56. The third-order valence-corrected chi connectivity index (χ3v) is 13.9. The van der Waals surface area contributed by atoms with Crippen molar-refractivity contribution in [2.24, 2.45) is 17.4 Å². The Morgan fingerprint density at radius 2 is 1.00 bits per heavy atom. The normalized spacial score (nSPS) is 15.8. The molecule has 0 aliphatic heterocycles. The fourth-order valence-electron chi connectivity index (χ4n) is 4.51. The van der Waals surface area contributed by atoms with E-state index in [9.17, 15) is 68.7 Å². The number of nitrogens with two attached hydrogens (primary N) is 2. The van der Waals surface area contributed by atoms with Crippen LogP contribution in [-0.4, -0.2) is 114 Å². The van der Waals surface area contributed by atoms with E-state index in [-0.39, 0.29) is 124 Å². The molecule has 1 unspecified atom stereocenters. The summed E-state index contributed by atoms with van der Waals surface area (Å²) in [6.07, 6.45) is 0.870. The van der Waals surface area contributed by atoms with Crippen molar-refractivity contribution in [3.8, 4) is 12.0 Å². The van der Waals surface area contributed by atoms with Gasteiger partial charge in [0.05, 0.1) is 31.9 Å². The van der Waals surface area contributed by atoms with E-state index in [0.29, 0.717) is 6.08 Å². The molecule has 1 aromatic carbocycles. The van der Waals surface area contributed by atoms with Crippen molar-refractivity contribution in [1.29, 1.82) is 0 Å². The Kier molecular flexibility index (Phi) is 22.1. The molecule has 4 N–H and O–H groups in total. The van der Waals surface area contributed by atoms with Gasteiger partial charge in [-0.1, -0.05) is 48.6 Å². The first-order valence-electron chi connectivity index (χ1n) is 14.4. The molecule has 0 amide bonds. The third kappa shape index (κ3) is 15.2. The molecule has 26 nitrogen and oxygen atoms in total. The molecule has 0 spiro atoms. The quantitative estimate of drug-likeness (QED) is 0.0764. The summed E-state index contributed by atoms with van der Waals surface area (Å²) in [5.74, 6) is -7.01. The topological polar surface area (TPSA) is 445 Å². The number of allylic oxidation sites excluding steroid dienone is 3. The zero-order chi connectivity index (χ0) is 42.1. The average molecular weight is 995 g/mol. The van der Waals surface area contributed by atoms with Gasteiger partial charge in [-0.25, -0.2) is 43.6 Å². The van der Waals surface area contributed by atoms with E-state index in [0.717, 1.165) is 18.2 Å². The Morgan fingerprint density at radius 3 is 1.37 bits per heavy atom. The Bertz CT molecular complexity index is 2690. The van der Waals surface area contributed by atoms with Gasteiger partial charge in [-0.15, -0.1) is 0 Å². The van der Waals surface area contributed by atoms with Gasteiger partial charge in [0.2, 0.25) is 10.3 Å². The number of hydrogen-bond donors (Lipinski definition) is 2. The predicted molar refractivity (Wildman–Crippen MR) is 177 cm³/mol. The van der Waals surface area contributed by atoms with E-state index in [1.807, 2.05) is 0 Å². The van der Waals surface area contributed by atoms with Crippen LogP contribution in [0.1, 0.15) is 17.2 Å². The van der Waals surface area contributed by atoms with E-state index in [4.69, 9.17) is 19.8 Å². The minimum absolute atomic E-state index is 0. The van der Waals surface area contributed by atoms with Crippen LogP contribution in [0.2, 0.25) is 0 Å². The van der Waals surface area contributed by atoms with E-state index < -0.39 is 140 Å². The fraction of sp³-hybridized carbons (Fsp3) is 0.250. The van der Waals surface area contributed by atoms with E-state index in [1.54, 1.807) is 0 Å². The predicted octanol–water partition coefficient (Wildman–Crippen LogP) is -16.1. The molecule has 0 bridgehead atoms. The number of benzene rings is 1. The molecule has 0 radical (unpaired) electrons. The van der Waals surface area contributed by atoms with Gasteiger partial charge < -0.3 is 38.0 Å². The van der Waals surface area contributed by atoms with Crippen LogP contribution in [-0.2, 0) is 73.6 Å². The molecule has 4 rings (SSSR count). The van der Waals surface area contributed by atoms with Gasteiger partial charge in [0.25, 0.3) is 4.08 Å². The molecule has 36 heteroatoms. The molecule has 1 aliphatic carbocycles. The van der Waals surface area contributed by atoms with Crippen LogP contribution in [0, 0.1) is 5.92 Å². The van der Waals surface area contributed by atoms with Crippen molar-refractivity contribution in [3.05, 3.63) is 77.5 Å². The van der Waals surface area contributed by atoms with Gasteiger partial charge in [0.1, 0.15) is 11.6 Å². The monoisotopic (exact) mass is 994 g/mol. The summed E-state index contributed by atoms with van der Waals surface area (Å²) in [7, 11) is -34.0. The molecular formula is C24H22N8Na4O18S6. The first-order chi connectivity index (χ1) is 25.5. The van der Waals surface area contributed by atoms with Crippen LogP contribution < -0.4 is 138 Å². The van der Waals surface area contributed by atoms with Crippen molar-refractivity contribution < 1.29 is 195 Å². The van der Waals surface area contributed by atoms with Crippen molar-refractivity contribution in [2.45, 2.75) is 27.2 Å². The summed E-state index contributed by atoms with van der Waals surface area (Å²) in [4.78, 5) is 19.2. The number of nitrogens with zero attached hydrogens (tertiary/aromatic N) is 6. The van der Waals surface area contributed by atoms with Gasteiger partial charge in [-0.3, -0.25) is 0 Å². The summed E-state index contributed by atoms with van der Waals surface area (Å²) in [6, 6.07) is 3.79. The van der Waals surface area contributed by atoms with E-state index in [1.165, 1.54) is 30.3 Å². The molecule has 1 atom stereocenters. The van der Waals surface area contributed by atoms with Gasteiger partial charge >= 0.3 is 150 Å². The first-order valence-corrected chi connectivity index (χ1v) is 23.2. The standard InChI is InChI=1S/C24H26N8O18S6.4Na/c25-18(14-6-2-1-3-7-14)19(26)15-8-4-5-11-24(15,55(45,46)49-20-27-16(9-12-51(33,34)35)29-22(31-20)53(39,40)41)56(47,48)50-21-28-17(10-13-52(36,37)38)30-23(32-21)54(42,43)44;;;;/h1-8,11,15H,9-10,12-13,25-26H2,(H,33,34,35)(H,36,37,38)(H,39,40,41)(H,42,43,44);;;;/q;4*+1/p-4. The van der Waals surface area contributed by atoms with Crippen molar-refractivity contribution in [1.82, 2.24) is 29.9 Å². The van der Waals surface area contributed by atoms with E-state index >= 15 is 0 Å². The van der Waals surface area contributed by atoms with Gasteiger partial charge in [-0.2, -0.15) is 36.8 Å². The number of aryl methyl sites for hydroxylation is 2. The maximum Gasteiger partial charge on any atom is 1.00 e. The van der Waals surface area contributed by atoms with Crippen LogP contribution in [0.15, 0.2) is 70.6 Å². The van der Waals surface area contributed by atoms with Crippen molar-refractivity contribution in [2.75, 3.05) is 11.5 Å². The molecule has 1 aliphatic rings. The summed E-state index contributed by atoms with van der Waals surface area (Å²) in [6.45, 7) is 0. The van der Waals surface area contributed by atoms with Crippen molar-refractivity contribution >= 4 is 66.4 Å².